The van der Waals surface area contributed by atoms with Crippen LogP contribution in [0.2, 0.25) is 0 Å². The van der Waals surface area contributed by atoms with Crippen LogP contribution in [0.3, 0.4) is 0 Å². The minimum atomic E-state index is -0.0812. The Labute approximate surface area is 170 Å². The lowest BCUT2D eigenvalue weighted by Gasteiger charge is -2.34. The summed E-state index contributed by atoms with van der Waals surface area (Å²) in [7, 11) is 0. The van der Waals surface area contributed by atoms with E-state index in [1.807, 2.05) is 12.1 Å². The zero-order chi connectivity index (χ0) is 20.7. The summed E-state index contributed by atoms with van der Waals surface area (Å²) in [5, 5.41) is 20.8. The summed E-state index contributed by atoms with van der Waals surface area (Å²) in [5.74, 6) is 1.69. The third kappa shape index (κ3) is 4.21. The third-order valence-corrected chi connectivity index (χ3v) is 6.28. The first-order chi connectivity index (χ1) is 13.0. The Hall–Kier alpha value is -1.96. The van der Waals surface area contributed by atoms with Crippen LogP contribution in [-0.4, -0.2) is 10.2 Å². The van der Waals surface area contributed by atoms with Crippen molar-refractivity contribution in [2.75, 3.05) is 0 Å². The Morgan fingerprint density at radius 1 is 0.643 bits per heavy atom. The fourth-order valence-electron chi connectivity index (χ4n) is 4.70. The van der Waals surface area contributed by atoms with Crippen LogP contribution in [0.25, 0.3) is 0 Å². The standard InChI is InChI=1S/C26H36O2/c1-25(2,3)21-15-17(11-13-23(21)27)19-9-7-8-10-20(19)18-12-14-24(28)22(16-18)26(4,5)6/h11-16,19-20,27-28H,7-10H2,1-6H3. The monoisotopic (exact) mass is 380 g/mol. The van der Waals surface area contributed by atoms with Crippen molar-refractivity contribution in [2.45, 2.75) is 89.9 Å². The molecule has 2 N–H and O–H groups in total. The lowest BCUT2D eigenvalue weighted by atomic mass is 9.70. The van der Waals surface area contributed by atoms with Gasteiger partial charge in [0.05, 0.1) is 0 Å². The molecule has 0 aliphatic heterocycles. The number of aromatic hydroxyl groups is 2. The molecule has 2 aromatic rings. The largest absolute Gasteiger partial charge is 0.508 e. The molecule has 0 bridgehead atoms. The van der Waals surface area contributed by atoms with Crippen LogP contribution in [0.1, 0.15) is 101 Å². The first-order valence-corrected chi connectivity index (χ1v) is 10.7. The van der Waals surface area contributed by atoms with E-state index < -0.39 is 0 Å². The Kier molecular flexibility index (Phi) is 5.53. The van der Waals surface area contributed by atoms with Crippen molar-refractivity contribution in [3.8, 4) is 11.5 Å². The summed E-state index contributed by atoms with van der Waals surface area (Å²) in [6, 6.07) is 12.4. The zero-order valence-corrected chi connectivity index (χ0v) is 18.3. The van der Waals surface area contributed by atoms with Crippen LogP contribution in [0.4, 0.5) is 0 Å². The van der Waals surface area contributed by atoms with E-state index in [1.165, 1.54) is 36.8 Å². The van der Waals surface area contributed by atoms with Gasteiger partial charge in [-0.15, -0.1) is 0 Å². The van der Waals surface area contributed by atoms with Gasteiger partial charge in [0.2, 0.25) is 0 Å². The quantitative estimate of drug-likeness (QED) is 0.581. The lowest BCUT2D eigenvalue weighted by molar-refractivity contribution is 0.382. The maximum Gasteiger partial charge on any atom is 0.119 e. The van der Waals surface area contributed by atoms with Crippen molar-refractivity contribution in [1.82, 2.24) is 0 Å². The van der Waals surface area contributed by atoms with E-state index in [0.717, 1.165) is 11.1 Å². The van der Waals surface area contributed by atoms with Gasteiger partial charge in [-0.1, -0.05) is 78.6 Å². The number of rotatable bonds is 2. The Morgan fingerprint density at radius 3 is 1.32 bits per heavy atom. The molecule has 0 aromatic heterocycles. The van der Waals surface area contributed by atoms with E-state index in [4.69, 9.17) is 0 Å². The fourth-order valence-corrected chi connectivity index (χ4v) is 4.70. The summed E-state index contributed by atoms with van der Waals surface area (Å²) in [5.41, 5.74) is 4.55. The van der Waals surface area contributed by atoms with Crippen LogP contribution in [0.15, 0.2) is 36.4 Å². The summed E-state index contributed by atoms with van der Waals surface area (Å²) in [6.45, 7) is 12.9. The van der Waals surface area contributed by atoms with Gasteiger partial charge in [0, 0.05) is 0 Å². The van der Waals surface area contributed by atoms with Gasteiger partial charge in [-0.05, 0) is 69.9 Å². The predicted molar refractivity (Wildman–Crippen MR) is 118 cm³/mol. The van der Waals surface area contributed by atoms with Gasteiger partial charge in [0.15, 0.2) is 0 Å². The van der Waals surface area contributed by atoms with E-state index in [0.29, 0.717) is 23.3 Å². The molecule has 2 atom stereocenters. The van der Waals surface area contributed by atoms with E-state index in [2.05, 4.69) is 65.8 Å². The normalized spacial score (nSPS) is 20.9. The SMILES string of the molecule is CC(C)(C)c1cc(C2CCCCC2c2ccc(O)c(C(C)(C)C)c2)ccc1O. The molecule has 0 radical (unpaired) electrons. The Morgan fingerprint density at radius 2 is 1.00 bits per heavy atom. The predicted octanol–water partition coefficient (Wildman–Crippen LogP) is 7.13. The first kappa shape index (κ1) is 20.8. The van der Waals surface area contributed by atoms with E-state index in [9.17, 15) is 10.2 Å². The van der Waals surface area contributed by atoms with Gasteiger partial charge in [-0.3, -0.25) is 0 Å². The zero-order valence-electron chi connectivity index (χ0n) is 18.3. The van der Waals surface area contributed by atoms with Crippen LogP contribution in [-0.2, 0) is 10.8 Å². The highest BCUT2D eigenvalue weighted by atomic mass is 16.3. The Bertz CT molecular complexity index is 765. The number of phenols is 2. The van der Waals surface area contributed by atoms with Gasteiger partial charge < -0.3 is 10.2 Å². The van der Waals surface area contributed by atoms with Gasteiger partial charge in [0.25, 0.3) is 0 Å². The van der Waals surface area contributed by atoms with Crippen molar-refractivity contribution in [3.05, 3.63) is 58.7 Å². The minimum absolute atomic E-state index is 0.0812. The van der Waals surface area contributed by atoms with Gasteiger partial charge in [0.1, 0.15) is 11.5 Å². The van der Waals surface area contributed by atoms with Crippen LogP contribution in [0, 0.1) is 0 Å². The first-order valence-electron chi connectivity index (χ1n) is 10.7. The summed E-state index contributed by atoms with van der Waals surface area (Å²) in [6.07, 6.45) is 4.84. The molecular weight excluding hydrogens is 344 g/mol. The van der Waals surface area contributed by atoms with Crippen molar-refractivity contribution >= 4 is 0 Å². The average Bonchev–Trinajstić information content (AvgIpc) is 2.61. The fraction of sp³-hybridized carbons (Fsp3) is 0.538. The molecule has 0 amide bonds. The molecule has 28 heavy (non-hydrogen) atoms. The van der Waals surface area contributed by atoms with E-state index in [-0.39, 0.29) is 10.8 Å². The van der Waals surface area contributed by atoms with Crippen molar-refractivity contribution in [1.29, 1.82) is 0 Å². The molecule has 2 heteroatoms. The van der Waals surface area contributed by atoms with E-state index >= 15 is 0 Å². The molecule has 1 aliphatic carbocycles. The number of hydrogen-bond acceptors (Lipinski definition) is 2. The molecule has 152 valence electrons. The molecule has 1 saturated carbocycles. The highest BCUT2D eigenvalue weighted by Crippen LogP contribution is 2.47. The maximum atomic E-state index is 10.4. The molecular formula is C26H36O2. The average molecular weight is 381 g/mol. The summed E-state index contributed by atoms with van der Waals surface area (Å²) < 4.78 is 0. The van der Waals surface area contributed by atoms with Gasteiger partial charge in [-0.2, -0.15) is 0 Å². The molecule has 2 aromatic carbocycles. The summed E-state index contributed by atoms with van der Waals surface area (Å²) >= 11 is 0. The Balaban J connectivity index is 2.03. The third-order valence-electron chi connectivity index (χ3n) is 6.28. The van der Waals surface area contributed by atoms with Crippen LogP contribution >= 0.6 is 0 Å². The highest BCUT2D eigenvalue weighted by Gasteiger charge is 2.30. The van der Waals surface area contributed by atoms with Crippen molar-refractivity contribution in [3.63, 3.8) is 0 Å². The van der Waals surface area contributed by atoms with Crippen molar-refractivity contribution < 1.29 is 10.2 Å². The maximum absolute atomic E-state index is 10.4. The second kappa shape index (κ2) is 7.46. The molecule has 2 unspecified atom stereocenters. The molecule has 1 fully saturated rings. The number of hydrogen-bond donors (Lipinski definition) is 2. The smallest absolute Gasteiger partial charge is 0.119 e. The minimum Gasteiger partial charge on any atom is -0.508 e. The molecule has 0 spiro atoms. The topological polar surface area (TPSA) is 40.5 Å². The van der Waals surface area contributed by atoms with Gasteiger partial charge >= 0.3 is 0 Å². The van der Waals surface area contributed by atoms with Crippen molar-refractivity contribution in [2.24, 2.45) is 0 Å². The number of phenolic OH excluding ortho intramolecular Hbond substituents is 2. The molecule has 2 nitrogen and oxygen atoms in total. The van der Waals surface area contributed by atoms with Crippen LogP contribution in [0.5, 0.6) is 11.5 Å². The molecule has 3 rings (SSSR count). The molecule has 0 heterocycles. The summed E-state index contributed by atoms with van der Waals surface area (Å²) in [4.78, 5) is 0. The van der Waals surface area contributed by atoms with Crippen LogP contribution < -0.4 is 0 Å². The second-order valence-corrected chi connectivity index (χ2v) is 10.6. The lowest BCUT2D eigenvalue weighted by Crippen LogP contribution is -2.19. The molecule has 1 aliphatic rings. The molecule has 0 saturated heterocycles. The second-order valence-electron chi connectivity index (χ2n) is 10.6. The highest BCUT2D eigenvalue weighted by molar-refractivity contribution is 5.45. The van der Waals surface area contributed by atoms with E-state index in [1.54, 1.807) is 0 Å². The number of benzene rings is 2. The van der Waals surface area contributed by atoms with Gasteiger partial charge in [-0.25, -0.2) is 0 Å².